The third-order valence-electron chi connectivity index (χ3n) is 3.55. The molecule has 0 spiro atoms. The van der Waals surface area contributed by atoms with Gasteiger partial charge in [0.15, 0.2) is 0 Å². The molecule has 1 aromatic heterocycles. The first-order chi connectivity index (χ1) is 9.77. The lowest BCUT2D eigenvalue weighted by Crippen LogP contribution is -2.19. The summed E-state index contributed by atoms with van der Waals surface area (Å²) >= 11 is 0. The summed E-state index contributed by atoms with van der Waals surface area (Å²) in [4.78, 5) is 12.1. The van der Waals surface area contributed by atoms with Crippen LogP contribution in [0.15, 0.2) is 35.1 Å². The molecule has 1 heterocycles. The van der Waals surface area contributed by atoms with Gasteiger partial charge in [-0.15, -0.1) is 0 Å². The Hall–Kier alpha value is -1.77. The largest absolute Gasteiger partial charge is 0.493 e. The normalized spacial score (nSPS) is 10.9. The number of fused-ring (bicyclic) bond motifs is 1. The molecule has 2 rings (SSSR count). The van der Waals surface area contributed by atoms with Crippen LogP contribution in [0.25, 0.3) is 10.9 Å². The number of benzene rings is 1. The van der Waals surface area contributed by atoms with Crippen LogP contribution in [0.2, 0.25) is 0 Å². The molecular weight excluding hydrogens is 250 g/mol. The molecule has 0 saturated carbocycles. The summed E-state index contributed by atoms with van der Waals surface area (Å²) in [6.45, 7) is 5.54. The highest BCUT2D eigenvalue weighted by Crippen LogP contribution is 2.23. The van der Waals surface area contributed by atoms with Crippen LogP contribution in [0.4, 0.5) is 0 Å². The van der Waals surface area contributed by atoms with E-state index >= 15 is 0 Å². The number of para-hydroxylation sites is 1. The number of nitrogens with zero attached hydrogens (tertiary/aromatic N) is 1. The van der Waals surface area contributed by atoms with E-state index in [-0.39, 0.29) is 5.56 Å². The number of aryl methyl sites for hydroxylation is 1. The second kappa shape index (κ2) is 7.13. The maximum Gasteiger partial charge on any atom is 0.254 e. The Morgan fingerprint density at radius 1 is 1.10 bits per heavy atom. The van der Waals surface area contributed by atoms with Crippen LogP contribution >= 0.6 is 0 Å². The van der Waals surface area contributed by atoms with Gasteiger partial charge < -0.3 is 9.30 Å². The molecule has 0 amide bonds. The number of ether oxygens (including phenoxy) is 1. The second-order valence-electron chi connectivity index (χ2n) is 5.02. The van der Waals surface area contributed by atoms with Crippen molar-refractivity contribution in [2.75, 3.05) is 6.61 Å². The minimum atomic E-state index is 0.00904. The predicted octanol–water partition coefficient (Wildman–Crippen LogP) is 3.98. The molecule has 3 nitrogen and oxygen atoms in total. The highest BCUT2D eigenvalue weighted by molar-refractivity contribution is 5.85. The minimum Gasteiger partial charge on any atom is -0.493 e. The van der Waals surface area contributed by atoms with Gasteiger partial charge in [-0.05, 0) is 25.5 Å². The molecule has 0 aliphatic heterocycles. The third-order valence-corrected chi connectivity index (χ3v) is 3.55. The smallest absolute Gasteiger partial charge is 0.254 e. The van der Waals surface area contributed by atoms with Gasteiger partial charge in [0.2, 0.25) is 0 Å². The van der Waals surface area contributed by atoms with Gasteiger partial charge in [0.25, 0.3) is 5.56 Å². The van der Waals surface area contributed by atoms with Crippen LogP contribution in [-0.2, 0) is 6.54 Å². The second-order valence-corrected chi connectivity index (χ2v) is 5.02. The van der Waals surface area contributed by atoms with Crippen molar-refractivity contribution in [3.8, 4) is 5.75 Å². The van der Waals surface area contributed by atoms with Crippen molar-refractivity contribution in [3.05, 3.63) is 40.7 Å². The predicted molar refractivity (Wildman–Crippen MR) is 83.5 cm³/mol. The zero-order valence-corrected chi connectivity index (χ0v) is 12.4. The van der Waals surface area contributed by atoms with E-state index in [4.69, 9.17) is 4.74 Å². The molecule has 108 valence electrons. The fraction of sp³-hybridized carbons (Fsp3) is 0.471. The molecule has 0 aliphatic rings. The Morgan fingerprint density at radius 2 is 1.90 bits per heavy atom. The average molecular weight is 273 g/mol. The highest BCUT2D eigenvalue weighted by atomic mass is 16.5. The van der Waals surface area contributed by atoms with Crippen molar-refractivity contribution in [1.29, 1.82) is 0 Å². The lowest BCUT2D eigenvalue weighted by molar-refractivity contribution is 0.307. The van der Waals surface area contributed by atoms with Crippen LogP contribution in [0, 0.1) is 0 Å². The van der Waals surface area contributed by atoms with E-state index in [9.17, 15) is 4.79 Å². The van der Waals surface area contributed by atoms with E-state index in [1.165, 1.54) is 19.3 Å². The molecule has 0 saturated heterocycles. The first-order valence-electron chi connectivity index (χ1n) is 7.53. The van der Waals surface area contributed by atoms with E-state index in [2.05, 4.69) is 6.92 Å². The van der Waals surface area contributed by atoms with Crippen LogP contribution < -0.4 is 10.3 Å². The first-order valence-corrected chi connectivity index (χ1v) is 7.53. The van der Waals surface area contributed by atoms with Crippen LogP contribution in [-0.4, -0.2) is 11.2 Å². The molecule has 0 radical (unpaired) electrons. The van der Waals surface area contributed by atoms with Crippen LogP contribution in [0.5, 0.6) is 5.75 Å². The van der Waals surface area contributed by atoms with Gasteiger partial charge in [0.05, 0.1) is 12.1 Å². The molecule has 20 heavy (non-hydrogen) atoms. The van der Waals surface area contributed by atoms with Crippen LogP contribution in [0.3, 0.4) is 0 Å². The lowest BCUT2D eigenvalue weighted by atomic mass is 10.2. The van der Waals surface area contributed by atoms with Gasteiger partial charge in [0, 0.05) is 18.0 Å². The summed E-state index contributed by atoms with van der Waals surface area (Å²) in [6, 6.07) is 9.55. The minimum absolute atomic E-state index is 0.00904. The van der Waals surface area contributed by atoms with E-state index in [0.29, 0.717) is 18.9 Å². The lowest BCUT2D eigenvalue weighted by Gasteiger charge is -2.13. The fourth-order valence-electron chi connectivity index (χ4n) is 2.46. The Labute approximate surface area is 120 Å². The number of hydrogen-bond acceptors (Lipinski definition) is 2. The Bertz CT molecular complexity index is 616. The number of aromatic nitrogens is 1. The summed E-state index contributed by atoms with van der Waals surface area (Å²) < 4.78 is 7.61. The Morgan fingerprint density at radius 3 is 2.65 bits per heavy atom. The van der Waals surface area contributed by atoms with E-state index in [1.54, 1.807) is 10.6 Å². The monoisotopic (exact) mass is 273 g/mol. The van der Waals surface area contributed by atoms with Crippen molar-refractivity contribution in [2.24, 2.45) is 0 Å². The van der Waals surface area contributed by atoms with Gasteiger partial charge in [-0.3, -0.25) is 4.79 Å². The fourth-order valence-corrected chi connectivity index (χ4v) is 2.46. The first kappa shape index (κ1) is 14.6. The van der Waals surface area contributed by atoms with Gasteiger partial charge in [-0.1, -0.05) is 38.3 Å². The standard InChI is InChI=1S/C17H23NO2/c1-3-5-6-9-12-20-16-13-17(19)18(4-2)15-11-8-7-10-14(15)16/h7-8,10-11,13H,3-6,9,12H2,1-2H3. The zero-order valence-electron chi connectivity index (χ0n) is 12.4. The molecule has 3 heteroatoms. The van der Waals surface area contributed by atoms with Crippen molar-refractivity contribution >= 4 is 10.9 Å². The Kier molecular flexibility index (Phi) is 5.22. The molecule has 0 aliphatic carbocycles. The van der Waals surface area contributed by atoms with Crippen molar-refractivity contribution in [2.45, 2.75) is 46.1 Å². The number of rotatable bonds is 7. The van der Waals surface area contributed by atoms with Gasteiger partial charge >= 0.3 is 0 Å². The topological polar surface area (TPSA) is 31.2 Å². The number of pyridine rings is 1. The summed E-state index contributed by atoms with van der Waals surface area (Å²) in [5.41, 5.74) is 0.959. The van der Waals surface area contributed by atoms with Gasteiger partial charge in [-0.25, -0.2) is 0 Å². The Balaban J connectivity index is 2.23. The molecule has 0 fully saturated rings. The van der Waals surface area contributed by atoms with Crippen molar-refractivity contribution in [1.82, 2.24) is 4.57 Å². The zero-order chi connectivity index (χ0) is 14.4. The highest BCUT2D eigenvalue weighted by Gasteiger charge is 2.08. The molecule has 0 bridgehead atoms. The van der Waals surface area contributed by atoms with E-state index in [0.717, 1.165) is 17.3 Å². The number of unbranched alkanes of at least 4 members (excludes halogenated alkanes) is 3. The molecule has 0 N–H and O–H groups in total. The van der Waals surface area contributed by atoms with Crippen LogP contribution in [0.1, 0.15) is 39.5 Å². The van der Waals surface area contributed by atoms with E-state index < -0.39 is 0 Å². The molecule has 1 aromatic carbocycles. The SMILES string of the molecule is CCCCCCOc1cc(=O)n(CC)c2ccccc12. The van der Waals surface area contributed by atoms with Crippen molar-refractivity contribution < 1.29 is 4.74 Å². The summed E-state index contributed by atoms with van der Waals surface area (Å²) in [5, 5.41) is 1.02. The van der Waals surface area contributed by atoms with E-state index in [1.807, 2.05) is 31.2 Å². The summed E-state index contributed by atoms with van der Waals surface area (Å²) in [7, 11) is 0. The van der Waals surface area contributed by atoms with Crippen molar-refractivity contribution in [3.63, 3.8) is 0 Å². The summed E-state index contributed by atoms with van der Waals surface area (Å²) in [5.74, 6) is 0.715. The molecule has 0 unspecified atom stereocenters. The van der Waals surface area contributed by atoms with Gasteiger partial charge in [-0.2, -0.15) is 0 Å². The quantitative estimate of drug-likeness (QED) is 0.714. The molecule has 0 atom stereocenters. The maximum absolute atomic E-state index is 12.1. The number of hydrogen-bond donors (Lipinski definition) is 0. The molecular formula is C17H23NO2. The molecule has 2 aromatic rings. The van der Waals surface area contributed by atoms with Gasteiger partial charge in [0.1, 0.15) is 5.75 Å². The maximum atomic E-state index is 12.1. The summed E-state index contributed by atoms with van der Waals surface area (Å²) in [6.07, 6.45) is 4.68. The third kappa shape index (κ3) is 3.21. The average Bonchev–Trinajstić information content (AvgIpc) is 2.47.